The van der Waals surface area contributed by atoms with Crippen molar-refractivity contribution >= 4 is 11.8 Å². The molecule has 1 saturated heterocycles. The number of carbonyl (C=O) groups is 2. The Hall–Kier alpha value is -2.60. The number of hydrogen-bond donors (Lipinski definition) is 2. The quantitative estimate of drug-likeness (QED) is 0.871. The molecule has 0 radical (unpaired) electrons. The molecule has 6 nitrogen and oxygen atoms in total. The molecule has 2 atom stereocenters. The van der Waals surface area contributed by atoms with Gasteiger partial charge in [-0.25, -0.2) is 0 Å². The van der Waals surface area contributed by atoms with Gasteiger partial charge in [-0.2, -0.15) is 0 Å². The number of benzene rings is 1. The molecule has 2 aromatic rings. The predicted octanol–water partition coefficient (Wildman–Crippen LogP) is 2.25. The van der Waals surface area contributed by atoms with Crippen LogP contribution in [0.5, 0.6) is 0 Å². The van der Waals surface area contributed by atoms with Crippen molar-refractivity contribution in [1.82, 2.24) is 14.8 Å². The van der Waals surface area contributed by atoms with E-state index in [4.69, 9.17) is 0 Å². The summed E-state index contributed by atoms with van der Waals surface area (Å²) in [5, 5.41) is 13.4. The molecule has 1 fully saturated rings. The normalized spacial score (nSPS) is 20.4. The minimum atomic E-state index is -0.792. The van der Waals surface area contributed by atoms with Crippen molar-refractivity contribution in [1.29, 1.82) is 0 Å². The zero-order chi connectivity index (χ0) is 19.6. The molecular weight excluding hydrogens is 342 g/mol. The van der Waals surface area contributed by atoms with Gasteiger partial charge in [0.2, 0.25) is 0 Å². The Morgan fingerprint density at radius 1 is 1.11 bits per heavy atom. The second-order valence-corrected chi connectivity index (χ2v) is 8.03. The molecule has 27 heavy (non-hydrogen) atoms. The van der Waals surface area contributed by atoms with Crippen molar-refractivity contribution in [2.45, 2.75) is 44.9 Å². The summed E-state index contributed by atoms with van der Waals surface area (Å²) in [6.07, 6.45) is 3.42. The molecule has 0 saturated carbocycles. The van der Waals surface area contributed by atoms with Crippen molar-refractivity contribution in [3.8, 4) is 0 Å². The highest BCUT2D eigenvalue weighted by Gasteiger charge is 2.32. The standard InChI is InChI=1S/C21H27N3O3/c1-21(2,3)24-12-9-16(13-24)19(26)22-17-10-11-23(14-18(17)25)20(27)15-7-5-4-6-8-15/h4-9,12-13,17-18,25H,10-11,14H2,1-3H3,(H,22,26)/t17-,18-/m1/s1. The summed E-state index contributed by atoms with van der Waals surface area (Å²) in [7, 11) is 0. The maximum absolute atomic E-state index is 12.5. The number of hydrogen-bond acceptors (Lipinski definition) is 3. The van der Waals surface area contributed by atoms with E-state index in [0.717, 1.165) is 0 Å². The highest BCUT2D eigenvalue weighted by Crippen LogP contribution is 2.18. The Morgan fingerprint density at radius 2 is 1.81 bits per heavy atom. The first kappa shape index (κ1) is 19.2. The van der Waals surface area contributed by atoms with Crippen LogP contribution in [0.4, 0.5) is 0 Å². The minimum Gasteiger partial charge on any atom is -0.389 e. The number of nitrogens with zero attached hydrogens (tertiary/aromatic N) is 2. The molecule has 2 heterocycles. The zero-order valence-corrected chi connectivity index (χ0v) is 16.1. The summed E-state index contributed by atoms with van der Waals surface area (Å²) in [6, 6.07) is 10.4. The Bertz CT molecular complexity index is 808. The molecule has 0 aliphatic carbocycles. The summed E-state index contributed by atoms with van der Waals surface area (Å²) in [5.41, 5.74) is 1.08. The fourth-order valence-electron chi connectivity index (χ4n) is 3.25. The first-order chi connectivity index (χ1) is 12.8. The van der Waals surface area contributed by atoms with Gasteiger partial charge in [0.25, 0.3) is 11.8 Å². The first-order valence-corrected chi connectivity index (χ1v) is 9.27. The van der Waals surface area contributed by atoms with E-state index >= 15 is 0 Å². The summed E-state index contributed by atoms with van der Waals surface area (Å²) in [6.45, 7) is 6.91. The summed E-state index contributed by atoms with van der Waals surface area (Å²) in [4.78, 5) is 26.7. The van der Waals surface area contributed by atoms with E-state index in [1.165, 1.54) is 0 Å². The summed E-state index contributed by atoms with van der Waals surface area (Å²) < 4.78 is 1.99. The lowest BCUT2D eigenvalue weighted by Crippen LogP contribution is -2.55. The Balaban J connectivity index is 1.59. The molecule has 2 N–H and O–H groups in total. The largest absolute Gasteiger partial charge is 0.389 e. The lowest BCUT2D eigenvalue weighted by atomic mass is 10.0. The van der Waals surface area contributed by atoms with Crippen LogP contribution < -0.4 is 5.32 Å². The second-order valence-electron chi connectivity index (χ2n) is 8.03. The number of likely N-dealkylation sites (tertiary alicyclic amines) is 1. The zero-order valence-electron chi connectivity index (χ0n) is 16.1. The summed E-state index contributed by atoms with van der Waals surface area (Å²) in [5.74, 6) is -0.299. The molecule has 3 rings (SSSR count). The molecule has 0 bridgehead atoms. The number of β-amino-alcohol motifs (C(OH)–C–C–N with tert-alkyl or cyclic N) is 1. The van der Waals surface area contributed by atoms with Crippen LogP contribution in [-0.2, 0) is 5.54 Å². The van der Waals surface area contributed by atoms with Crippen LogP contribution >= 0.6 is 0 Å². The monoisotopic (exact) mass is 369 g/mol. The number of piperidine rings is 1. The fourth-order valence-corrected chi connectivity index (χ4v) is 3.25. The third kappa shape index (κ3) is 4.39. The van der Waals surface area contributed by atoms with E-state index in [1.54, 1.807) is 23.1 Å². The number of nitrogens with one attached hydrogen (secondary N) is 1. The minimum absolute atomic E-state index is 0.0957. The number of carbonyl (C=O) groups excluding carboxylic acids is 2. The predicted molar refractivity (Wildman–Crippen MR) is 104 cm³/mol. The van der Waals surface area contributed by atoms with Gasteiger partial charge >= 0.3 is 0 Å². The topological polar surface area (TPSA) is 74.6 Å². The Labute approximate surface area is 159 Å². The summed E-state index contributed by atoms with van der Waals surface area (Å²) >= 11 is 0. The van der Waals surface area contributed by atoms with Crippen molar-refractivity contribution in [2.24, 2.45) is 0 Å². The van der Waals surface area contributed by atoms with E-state index in [-0.39, 0.29) is 29.9 Å². The van der Waals surface area contributed by atoms with Gasteiger partial charge in [0.1, 0.15) is 0 Å². The molecule has 1 aromatic carbocycles. The van der Waals surface area contributed by atoms with Crippen LogP contribution in [0.3, 0.4) is 0 Å². The molecular formula is C21H27N3O3. The van der Waals surface area contributed by atoms with Crippen molar-refractivity contribution in [3.05, 3.63) is 59.9 Å². The van der Waals surface area contributed by atoms with Gasteiger partial charge < -0.3 is 19.9 Å². The van der Waals surface area contributed by atoms with Gasteiger partial charge in [0.15, 0.2) is 0 Å². The lowest BCUT2D eigenvalue weighted by Gasteiger charge is -2.36. The van der Waals surface area contributed by atoms with Gasteiger partial charge in [-0.15, -0.1) is 0 Å². The average molecular weight is 369 g/mol. The Kier molecular flexibility index (Phi) is 5.37. The van der Waals surface area contributed by atoms with Gasteiger partial charge in [0, 0.05) is 36.6 Å². The third-order valence-corrected chi connectivity index (χ3v) is 4.94. The van der Waals surface area contributed by atoms with Crippen LogP contribution in [0.25, 0.3) is 0 Å². The van der Waals surface area contributed by atoms with E-state index in [2.05, 4.69) is 26.1 Å². The second kappa shape index (κ2) is 7.56. The van der Waals surface area contributed by atoms with E-state index in [0.29, 0.717) is 24.1 Å². The van der Waals surface area contributed by atoms with Crippen molar-refractivity contribution in [3.63, 3.8) is 0 Å². The van der Waals surface area contributed by atoms with Crippen LogP contribution in [0.15, 0.2) is 48.8 Å². The molecule has 0 spiro atoms. The fraction of sp³-hybridized carbons (Fsp3) is 0.429. The van der Waals surface area contributed by atoms with Gasteiger partial charge in [-0.3, -0.25) is 9.59 Å². The molecule has 1 aromatic heterocycles. The third-order valence-electron chi connectivity index (χ3n) is 4.94. The maximum atomic E-state index is 12.5. The number of rotatable bonds is 3. The van der Waals surface area contributed by atoms with Gasteiger partial charge in [0.05, 0.1) is 17.7 Å². The average Bonchev–Trinajstić information content (AvgIpc) is 3.14. The number of amides is 2. The van der Waals surface area contributed by atoms with E-state index < -0.39 is 6.10 Å². The molecule has 2 amide bonds. The smallest absolute Gasteiger partial charge is 0.253 e. The highest BCUT2D eigenvalue weighted by molar-refractivity contribution is 5.95. The number of aliphatic hydroxyl groups is 1. The molecule has 144 valence electrons. The van der Waals surface area contributed by atoms with Gasteiger partial charge in [-0.1, -0.05) is 18.2 Å². The lowest BCUT2D eigenvalue weighted by molar-refractivity contribution is 0.0315. The van der Waals surface area contributed by atoms with E-state index in [9.17, 15) is 14.7 Å². The SMILES string of the molecule is CC(C)(C)n1ccc(C(=O)N[C@@H]2CCN(C(=O)c3ccccc3)C[C@H]2O)c1. The van der Waals surface area contributed by atoms with Crippen LogP contribution in [0.2, 0.25) is 0 Å². The van der Waals surface area contributed by atoms with Crippen LogP contribution in [0, 0.1) is 0 Å². The molecule has 0 unspecified atom stereocenters. The molecule has 6 heteroatoms. The van der Waals surface area contributed by atoms with E-state index in [1.807, 2.05) is 35.2 Å². The number of aromatic nitrogens is 1. The van der Waals surface area contributed by atoms with Crippen LogP contribution in [-0.4, -0.2) is 51.6 Å². The van der Waals surface area contributed by atoms with Gasteiger partial charge in [-0.05, 0) is 45.4 Å². The van der Waals surface area contributed by atoms with Crippen molar-refractivity contribution < 1.29 is 14.7 Å². The molecule has 1 aliphatic rings. The Morgan fingerprint density at radius 3 is 2.41 bits per heavy atom. The molecule has 1 aliphatic heterocycles. The number of aliphatic hydroxyl groups excluding tert-OH is 1. The highest BCUT2D eigenvalue weighted by atomic mass is 16.3. The van der Waals surface area contributed by atoms with Crippen molar-refractivity contribution in [2.75, 3.05) is 13.1 Å². The maximum Gasteiger partial charge on any atom is 0.253 e. The first-order valence-electron chi connectivity index (χ1n) is 9.27. The van der Waals surface area contributed by atoms with Crippen LogP contribution in [0.1, 0.15) is 47.9 Å².